The van der Waals surface area contributed by atoms with Crippen LogP contribution in [0.15, 0.2) is 60.7 Å². The Labute approximate surface area is 176 Å². The maximum atomic E-state index is 12.5. The van der Waals surface area contributed by atoms with Crippen molar-refractivity contribution < 1.29 is 23.9 Å². The Balaban J connectivity index is 1.80. The molecule has 7 nitrogen and oxygen atoms in total. The van der Waals surface area contributed by atoms with Crippen molar-refractivity contribution in [1.82, 2.24) is 10.6 Å². The van der Waals surface area contributed by atoms with Crippen LogP contribution in [0.3, 0.4) is 0 Å². The standard InChI is InChI=1S/C23H28N2O5/c1-3-17(2)21(25-23(28)30-16-19-12-8-5-9-13-19)22(27)24-14-20(26)29-15-18-10-6-4-7-11-18/h4-13,17,21H,3,14-16H2,1-2H3,(H,24,27)(H,25,28). The lowest BCUT2D eigenvalue weighted by atomic mass is 9.98. The summed E-state index contributed by atoms with van der Waals surface area (Å²) in [5.74, 6) is -1.16. The smallest absolute Gasteiger partial charge is 0.408 e. The molecule has 2 N–H and O–H groups in total. The predicted octanol–water partition coefficient (Wildman–Crippen LogP) is 3.19. The first kappa shape index (κ1) is 22.9. The Morgan fingerprint density at radius 1 is 0.867 bits per heavy atom. The summed E-state index contributed by atoms with van der Waals surface area (Å²) >= 11 is 0. The Kier molecular flexibility index (Phi) is 9.37. The molecule has 0 heterocycles. The van der Waals surface area contributed by atoms with Crippen molar-refractivity contribution in [2.24, 2.45) is 5.92 Å². The van der Waals surface area contributed by atoms with Gasteiger partial charge in [0.1, 0.15) is 25.8 Å². The minimum Gasteiger partial charge on any atom is -0.460 e. The summed E-state index contributed by atoms with van der Waals surface area (Å²) in [6, 6.07) is 17.7. The van der Waals surface area contributed by atoms with Crippen LogP contribution in [0.25, 0.3) is 0 Å². The normalized spacial score (nSPS) is 12.3. The fraction of sp³-hybridized carbons (Fsp3) is 0.348. The third-order valence-electron chi connectivity index (χ3n) is 4.63. The first-order valence-electron chi connectivity index (χ1n) is 9.94. The van der Waals surface area contributed by atoms with Gasteiger partial charge in [-0.15, -0.1) is 0 Å². The molecule has 0 spiro atoms. The molecule has 2 amide bonds. The second-order valence-electron chi connectivity index (χ2n) is 6.93. The number of esters is 1. The van der Waals surface area contributed by atoms with E-state index in [9.17, 15) is 14.4 Å². The number of carbonyl (C=O) groups excluding carboxylic acids is 3. The Morgan fingerprint density at radius 2 is 1.40 bits per heavy atom. The van der Waals surface area contributed by atoms with Crippen molar-refractivity contribution in [1.29, 1.82) is 0 Å². The van der Waals surface area contributed by atoms with Gasteiger partial charge in [0.05, 0.1) is 0 Å². The fourth-order valence-electron chi connectivity index (χ4n) is 2.65. The topological polar surface area (TPSA) is 93.7 Å². The molecule has 0 aliphatic rings. The van der Waals surface area contributed by atoms with Crippen molar-refractivity contribution in [3.05, 3.63) is 71.8 Å². The molecule has 0 fully saturated rings. The summed E-state index contributed by atoms with van der Waals surface area (Å²) in [5, 5.41) is 5.12. The molecule has 2 aromatic carbocycles. The second kappa shape index (κ2) is 12.3. The quantitative estimate of drug-likeness (QED) is 0.585. The van der Waals surface area contributed by atoms with Crippen LogP contribution in [-0.2, 0) is 32.3 Å². The number of benzene rings is 2. The number of carbonyl (C=O) groups is 3. The van der Waals surface area contributed by atoms with E-state index in [1.54, 1.807) is 0 Å². The molecule has 2 unspecified atom stereocenters. The third kappa shape index (κ3) is 7.95. The van der Waals surface area contributed by atoms with Crippen LogP contribution in [0.4, 0.5) is 4.79 Å². The van der Waals surface area contributed by atoms with E-state index < -0.39 is 24.0 Å². The summed E-state index contributed by atoms with van der Waals surface area (Å²) in [6.45, 7) is 3.71. The fourth-order valence-corrected chi connectivity index (χ4v) is 2.65. The molecule has 0 aliphatic heterocycles. The molecule has 2 atom stereocenters. The van der Waals surface area contributed by atoms with Crippen LogP contribution in [0.2, 0.25) is 0 Å². The molecule has 30 heavy (non-hydrogen) atoms. The lowest BCUT2D eigenvalue weighted by Crippen LogP contribution is -2.51. The Bertz CT molecular complexity index is 811. The second-order valence-corrected chi connectivity index (χ2v) is 6.93. The van der Waals surface area contributed by atoms with E-state index in [1.807, 2.05) is 74.5 Å². The molecule has 0 saturated carbocycles. The summed E-state index contributed by atoms with van der Waals surface area (Å²) in [4.78, 5) is 36.6. The van der Waals surface area contributed by atoms with Gasteiger partial charge in [0.15, 0.2) is 0 Å². The van der Waals surface area contributed by atoms with Crippen LogP contribution in [0, 0.1) is 5.92 Å². The molecule has 0 saturated heterocycles. The van der Waals surface area contributed by atoms with Crippen molar-refractivity contribution >= 4 is 18.0 Å². The average Bonchev–Trinajstić information content (AvgIpc) is 2.79. The zero-order valence-corrected chi connectivity index (χ0v) is 17.3. The molecule has 7 heteroatoms. The van der Waals surface area contributed by atoms with Gasteiger partial charge in [-0.2, -0.15) is 0 Å². The minimum absolute atomic E-state index is 0.104. The van der Waals surface area contributed by atoms with Crippen molar-refractivity contribution in [3.8, 4) is 0 Å². The minimum atomic E-state index is -0.819. The number of hydrogen-bond acceptors (Lipinski definition) is 5. The van der Waals surface area contributed by atoms with E-state index in [0.29, 0.717) is 6.42 Å². The van der Waals surface area contributed by atoms with E-state index in [-0.39, 0.29) is 25.7 Å². The van der Waals surface area contributed by atoms with E-state index in [4.69, 9.17) is 9.47 Å². The molecular formula is C23H28N2O5. The van der Waals surface area contributed by atoms with E-state index in [1.165, 1.54) is 0 Å². The van der Waals surface area contributed by atoms with Crippen LogP contribution in [0.5, 0.6) is 0 Å². The molecular weight excluding hydrogens is 384 g/mol. The summed E-state index contributed by atoms with van der Waals surface area (Å²) in [6.07, 6.45) is -0.0267. The monoisotopic (exact) mass is 412 g/mol. The molecule has 0 aliphatic carbocycles. The molecule has 160 valence electrons. The zero-order valence-electron chi connectivity index (χ0n) is 17.3. The lowest BCUT2D eigenvalue weighted by molar-refractivity contribution is -0.145. The number of hydrogen-bond donors (Lipinski definition) is 2. The first-order valence-corrected chi connectivity index (χ1v) is 9.94. The van der Waals surface area contributed by atoms with Crippen LogP contribution < -0.4 is 10.6 Å². The van der Waals surface area contributed by atoms with Gasteiger partial charge in [0, 0.05) is 0 Å². The van der Waals surface area contributed by atoms with Gasteiger partial charge in [-0.05, 0) is 17.0 Å². The predicted molar refractivity (Wildman–Crippen MR) is 112 cm³/mol. The maximum Gasteiger partial charge on any atom is 0.408 e. The summed E-state index contributed by atoms with van der Waals surface area (Å²) < 4.78 is 10.3. The highest BCUT2D eigenvalue weighted by molar-refractivity contribution is 5.88. The van der Waals surface area contributed by atoms with Gasteiger partial charge in [-0.1, -0.05) is 80.9 Å². The lowest BCUT2D eigenvalue weighted by Gasteiger charge is -2.23. The van der Waals surface area contributed by atoms with Gasteiger partial charge in [0.2, 0.25) is 5.91 Å². The van der Waals surface area contributed by atoms with Gasteiger partial charge in [0.25, 0.3) is 0 Å². The van der Waals surface area contributed by atoms with E-state index in [2.05, 4.69) is 10.6 Å². The van der Waals surface area contributed by atoms with E-state index >= 15 is 0 Å². The van der Waals surface area contributed by atoms with Crippen LogP contribution in [0.1, 0.15) is 31.4 Å². The average molecular weight is 412 g/mol. The zero-order chi connectivity index (χ0) is 21.8. The molecule has 0 radical (unpaired) electrons. The molecule has 2 aromatic rings. The summed E-state index contributed by atoms with van der Waals surface area (Å²) in [7, 11) is 0. The van der Waals surface area contributed by atoms with Crippen LogP contribution in [-0.4, -0.2) is 30.6 Å². The van der Waals surface area contributed by atoms with Crippen molar-refractivity contribution in [2.45, 2.75) is 39.5 Å². The van der Waals surface area contributed by atoms with E-state index in [0.717, 1.165) is 11.1 Å². The van der Waals surface area contributed by atoms with Crippen molar-refractivity contribution in [3.63, 3.8) is 0 Å². The number of rotatable bonds is 10. The highest BCUT2D eigenvalue weighted by atomic mass is 16.5. The highest BCUT2D eigenvalue weighted by Crippen LogP contribution is 2.09. The van der Waals surface area contributed by atoms with Gasteiger partial charge < -0.3 is 20.1 Å². The molecule has 0 aromatic heterocycles. The molecule has 0 bridgehead atoms. The summed E-state index contributed by atoms with van der Waals surface area (Å²) in [5.41, 5.74) is 1.70. The number of amides is 2. The Morgan fingerprint density at radius 3 is 1.93 bits per heavy atom. The largest absolute Gasteiger partial charge is 0.460 e. The maximum absolute atomic E-state index is 12.5. The van der Waals surface area contributed by atoms with Gasteiger partial charge >= 0.3 is 12.1 Å². The van der Waals surface area contributed by atoms with Gasteiger partial charge in [-0.3, -0.25) is 9.59 Å². The molecule has 2 rings (SSSR count). The number of alkyl carbamates (subject to hydrolysis) is 1. The van der Waals surface area contributed by atoms with Crippen molar-refractivity contribution in [2.75, 3.05) is 6.54 Å². The highest BCUT2D eigenvalue weighted by Gasteiger charge is 2.27. The van der Waals surface area contributed by atoms with Crippen LogP contribution >= 0.6 is 0 Å². The Hall–Kier alpha value is -3.35. The van der Waals surface area contributed by atoms with Gasteiger partial charge in [-0.25, -0.2) is 4.79 Å². The number of nitrogens with one attached hydrogen (secondary N) is 2. The number of ether oxygens (including phenoxy) is 2. The third-order valence-corrected chi connectivity index (χ3v) is 4.63. The SMILES string of the molecule is CCC(C)C(NC(=O)OCc1ccccc1)C(=O)NCC(=O)OCc1ccccc1. The first-order chi connectivity index (χ1) is 14.5.